The maximum absolute atomic E-state index is 12.6. The van der Waals surface area contributed by atoms with Crippen molar-refractivity contribution in [2.24, 2.45) is 0 Å². The van der Waals surface area contributed by atoms with E-state index in [1.807, 2.05) is 24.3 Å². The average Bonchev–Trinajstić information content (AvgIpc) is 3.37. The summed E-state index contributed by atoms with van der Waals surface area (Å²) in [5.74, 6) is 2.87. The van der Waals surface area contributed by atoms with Crippen molar-refractivity contribution in [1.82, 2.24) is 10.3 Å². The molecule has 2 N–H and O–H groups in total. The maximum atomic E-state index is 12.6. The third-order valence-corrected chi connectivity index (χ3v) is 4.83. The second kappa shape index (κ2) is 7.83. The minimum atomic E-state index is -0.111. The molecule has 0 atom stereocenters. The number of carbonyl (C=O) groups excluding carboxylic acids is 1. The summed E-state index contributed by atoms with van der Waals surface area (Å²) in [5.41, 5.74) is 2.55. The van der Waals surface area contributed by atoms with Gasteiger partial charge in [-0.1, -0.05) is 6.07 Å². The van der Waals surface area contributed by atoms with E-state index in [0.717, 1.165) is 27.8 Å². The first-order valence-corrected chi connectivity index (χ1v) is 9.08. The molecule has 0 saturated heterocycles. The monoisotopic (exact) mass is 398 g/mol. The normalized spacial score (nSPS) is 12.1. The van der Waals surface area contributed by atoms with Gasteiger partial charge in [-0.15, -0.1) is 0 Å². The van der Waals surface area contributed by atoms with E-state index < -0.39 is 0 Å². The molecule has 1 aliphatic rings. The largest absolute Gasteiger partial charge is 0.493 e. The van der Waals surface area contributed by atoms with Crippen LogP contribution in [0, 0.1) is 0 Å². The summed E-state index contributed by atoms with van der Waals surface area (Å²) in [6.45, 7) is 0.619. The van der Waals surface area contributed by atoms with Crippen LogP contribution in [0.5, 0.6) is 28.7 Å². The zero-order chi connectivity index (χ0) is 20.4. The fourth-order valence-corrected chi connectivity index (χ4v) is 3.45. The lowest BCUT2D eigenvalue weighted by atomic mass is 10.1. The van der Waals surface area contributed by atoms with Crippen LogP contribution < -0.4 is 29.0 Å². The van der Waals surface area contributed by atoms with Crippen molar-refractivity contribution in [3.05, 3.63) is 41.6 Å². The topological polar surface area (TPSA) is 91.0 Å². The molecule has 0 saturated carbocycles. The van der Waals surface area contributed by atoms with Crippen LogP contribution in [0.25, 0.3) is 10.9 Å². The van der Waals surface area contributed by atoms with Crippen LogP contribution >= 0.6 is 0 Å². The van der Waals surface area contributed by atoms with Gasteiger partial charge >= 0.3 is 0 Å². The van der Waals surface area contributed by atoms with E-state index >= 15 is 0 Å². The summed E-state index contributed by atoms with van der Waals surface area (Å²) in [7, 11) is 4.68. The third kappa shape index (κ3) is 3.49. The molecule has 2 aromatic carbocycles. The predicted octanol–water partition coefficient (Wildman–Crippen LogP) is 2.78. The summed E-state index contributed by atoms with van der Waals surface area (Å²) >= 11 is 0. The van der Waals surface area contributed by atoms with Gasteiger partial charge < -0.3 is 34.0 Å². The van der Waals surface area contributed by atoms with Crippen molar-refractivity contribution >= 4 is 16.8 Å². The SMILES string of the molecule is COc1cc2[nH]cc(CC(=O)NCc3ccc4c(c3)OCO4)c2c(OC)c1OC. The Labute approximate surface area is 167 Å². The molecule has 1 aliphatic heterocycles. The fraction of sp³-hybridized carbons (Fsp3) is 0.286. The quantitative estimate of drug-likeness (QED) is 0.636. The fourth-order valence-electron chi connectivity index (χ4n) is 3.45. The van der Waals surface area contributed by atoms with Crippen LogP contribution in [-0.2, 0) is 17.8 Å². The molecular weight excluding hydrogens is 376 g/mol. The molecule has 29 heavy (non-hydrogen) atoms. The average molecular weight is 398 g/mol. The highest BCUT2D eigenvalue weighted by Crippen LogP contribution is 2.44. The Balaban J connectivity index is 1.52. The van der Waals surface area contributed by atoms with Crippen LogP contribution in [0.15, 0.2) is 30.5 Å². The lowest BCUT2D eigenvalue weighted by molar-refractivity contribution is -0.120. The van der Waals surface area contributed by atoms with Crippen LogP contribution in [0.3, 0.4) is 0 Å². The van der Waals surface area contributed by atoms with E-state index in [4.69, 9.17) is 23.7 Å². The van der Waals surface area contributed by atoms with E-state index in [2.05, 4.69) is 10.3 Å². The maximum Gasteiger partial charge on any atom is 0.231 e. The van der Waals surface area contributed by atoms with Crippen molar-refractivity contribution in [3.63, 3.8) is 0 Å². The zero-order valence-corrected chi connectivity index (χ0v) is 16.5. The van der Waals surface area contributed by atoms with Crippen molar-refractivity contribution in [2.75, 3.05) is 28.1 Å². The van der Waals surface area contributed by atoms with Crippen LogP contribution in [-0.4, -0.2) is 39.0 Å². The highest BCUT2D eigenvalue weighted by Gasteiger charge is 2.21. The summed E-state index contributed by atoms with van der Waals surface area (Å²) < 4.78 is 27.1. The van der Waals surface area contributed by atoms with Crippen molar-refractivity contribution in [2.45, 2.75) is 13.0 Å². The molecule has 8 nitrogen and oxygen atoms in total. The van der Waals surface area contributed by atoms with Crippen molar-refractivity contribution in [3.8, 4) is 28.7 Å². The number of nitrogens with one attached hydrogen (secondary N) is 2. The standard InChI is InChI=1S/C21H22N2O6/c1-25-17-8-14-19(21(27-3)20(17)26-2)13(10-22-14)7-18(24)23-9-12-4-5-15-16(6-12)29-11-28-15/h4-6,8,10,22H,7,9,11H2,1-3H3,(H,23,24). The first kappa shape index (κ1) is 18.8. The number of aromatic amines is 1. The van der Waals surface area contributed by atoms with Gasteiger partial charge in [-0.25, -0.2) is 0 Å². The zero-order valence-electron chi connectivity index (χ0n) is 16.5. The molecular formula is C21H22N2O6. The number of aromatic nitrogens is 1. The van der Waals surface area contributed by atoms with Gasteiger partial charge in [-0.3, -0.25) is 4.79 Å². The summed E-state index contributed by atoms with van der Waals surface area (Å²) in [6.07, 6.45) is 1.99. The Morgan fingerprint density at radius 1 is 1.07 bits per heavy atom. The molecule has 0 fully saturated rings. The Morgan fingerprint density at radius 3 is 2.62 bits per heavy atom. The van der Waals surface area contributed by atoms with E-state index in [0.29, 0.717) is 29.5 Å². The molecule has 0 bridgehead atoms. The molecule has 4 rings (SSSR count). The number of hydrogen-bond acceptors (Lipinski definition) is 6. The summed E-state index contributed by atoms with van der Waals surface area (Å²) in [6, 6.07) is 7.44. The number of methoxy groups -OCH3 is 3. The number of fused-ring (bicyclic) bond motifs is 2. The molecule has 1 aromatic heterocycles. The first-order valence-electron chi connectivity index (χ1n) is 9.08. The highest BCUT2D eigenvalue weighted by atomic mass is 16.7. The number of ether oxygens (including phenoxy) is 5. The smallest absolute Gasteiger partial charge is 0.231 e. The second-order valence-electron chi connectivity index (χ2n) is 6.52. The molecule has 0 aliphatic carbocycles. The first-order chi connectivity index (χ1) is 14.1. The molecule has 0 unspecified atom stereocenters. The molecule has 2 heterocycles. The number of H-pyrrole nitrogens is 1. The molecule has 3 aromatic rings. The Hall–Kier alpha value is -3.55. The van der Waals surface area contributed by atoms with Crippen LogP contribution in [0.1, 0.15) is 11.1 Å². The molecule has 0 spiro atoms. The Bertz CT molecular complexity index is 1060. The highest BCUT2D eigenvalue weighted by molar-refractivity contribution is 5.96. The number of carbonyl (C=O) groups is 1. The number of hydrogen-bond donors (Lipinski definition) is 2. The van der Waals surface area contributed by atoms with E-state index in [1.165, 1.54) is 0 Å². The predicted molar refractivity (Wildman–Crippen MR) is 106 cm³/mol. The lowest BCUT2D eigenvalue weighted by Gasteiger charge is -2.14. The van der Waals surface area contributed by atoms with Gasteiger partial charge in [0, 0.05) is 24.2 Å². The Kier molecular flexibility index (Phi) is 5.07. The van der Waals surface area contributed by atoms with Crippen LogP contribution in [0.4, 0.5) is 0 Å². The number of amides is 1. The van der Waals surface area contributed by atoms with Gasteiger partial charge in [0.2, 0.25) is 18.4 Å². The minimum Gasteiger partial charge on any atom is -0.493 e. The Morgan fingerprint density at radius 2 is 1.86 bits per heavy atom. The minimum absolute atomic E-state index is 0.111. The summed E-state index contributed by atoms with van der Waals surface area (Å²) in [4.78, 5) is 15.7. The molecule has 152 valence electrons. The molecule has 1 amide bonds. The second-order valence-corrected chi connectivity index (χ2v) is 6.52. The van der Waals surface area contributed by atoms with Gasteiger partial charge in [-0.2, -0.15) is 0 Å². The van der Waals surface area contributed by atoms with E-state index in [9.17, 15) is 4.79 Å². The molecule has 8 heteroatoms. The lowest BCUT2D eigenvalue weighted by Crippen LogP contribution is -2.24. The van der Waals surface area contributed by atoms with E-state index in [1.54, 1.807) is 27.5 Å². The van der Waals surface area contributed by atoms with Gasteiger partial charge in [0.15, 0.2) is 23.0 Å². The summed E-state index contributed by atoms with van der Waals surface area (Å²) in [5, 5.41) is 3.73. The third-order valence-electron chi connectivity index (χ3n) is 4.83. The number of benzene rings is 2. The van der Waals surface area contributed by atoms with Gasteiger partial charge in [-0.05, 0) is 23.3 Å². The van der Waals surface area contributed by atoms with Crippen LogP contribution in [0.2, 0.25) is 0 Å². The molecule has 0 radical (unpaired) electrons. The van der Waals surface area contributed by atoms with Crippen molar-refractivity contribution in [1.29, 1.82) is 0 Å². The van der Waals surface area contributed by atoms with Crippen molar-refractivity contribution < 1.29 is 28.5 Å². The van der Waals surface area contributed by atoms with Gasteiger partial charge in [0.25, 0.3) is 0 Å². The number of rotatable bonds is 7. The van der Waals surface area contributed by atoms with Gasteiger partial charge in [0.05, 0.1) is 33.3 Å². The van der Waals surface area contributed by atoms with E-state index in [-0.39, 0.29) is 19.1 Å². The van der Waals surface area contributed by atoms with Gasteiger partial charge in [0.1, 0.15) is 0 Å².